The molecule has 0 radical (unpaired) electrons. The lowest BCUT2D eigenvalue weighted by atomic mass is 10.0. The van der Waals surface area contributed by atoms with Crippen LogP contribution in [0, 0.1) is 0 Å². The molecule has 1 heterocycles. The molecule has 5 atom stereocenters. The standard InChI is InChI=1S/C12H16N2O9/c15-6(8(17)11(20)21)1-4-2-13-3-5(14-4)7(16)9(18)10(19)12(22)23/h2-3,6-10,15-19H,1H2,(H,20,21)(H,22,23). The van der Waals surface area contributed by atoms with Crippen LogP contribution >= 0.6 is 0 Å². The van der Waals surface area contributed by atoms with Crippen LogP contribution in [0.1, 0.15) is 17.5 Å². The second-order valence-electron chi connectivity index (χ2n) is 4.71. The van der Waals surface area contributed by atoms with Gasteiger partial charge in [0.1, 0.15) is 12.2 Å². The molecule has 0 aliphatic heterocycles. The molecule has 0 spiro atoms. The lowest BCUT2D eigenvalue weighted by Gasteiger charge is -2.20. The molecule has 128 valence electrons. The number of hydrogen-bond donors (Lipinski definition) is 7. The molecule has 0 aliphatic rings. The van der Waals surface area contributed by atoms with Crippen LogP contribution in [0.15, 0.2) is 12.4 Å². The Hall–Kier alpha value is -2.18. The monoisotopic (exact) mass is 332 g/mol. The lowest BCUT2D eigenvalue weighted by molar-refractivity contribution is -0.158. The molecule has 11 nitrogen and oxygen atoms in total. The number of aliphatic hydroxyl groups excluding tert-OH is 5. The molecule has 1 aromatic rings. The average molecular weight is 332 g/mol. The highest BCUT2D eigenvalue weighted by atomic mass is 16.4. The second-order valence-corrected chi connectivity index (χ2v) is 4.71. The zero-order valence-electron chi connectivity index (χ0n) is 11.6. The summed E-state index contributed by atoms with van der Waals surface area (Å²) in [5.74, 6) is -3.39. The molecular formula is C12H16N2O9. The molecule has 5 unspecified atom stereocenters. The van der Waals surface area contributed by atoms with E-state index in [0.717, 1.165) is 12.4 Å². The maximum absolute atomic E-state index is 10.6. The van der Waals surface area contributed by atoms with Crippen molar-refractivity contribution < 1.29 is 45.3 Å². The van der Waals surface area contributed by atoms with Crippen LogP contribution in [-0.4, -0.2) is 82.1 Å². The summed E-state index contributed by atoms with van der Waals surface area (Å²) in [4.78, 5) is 28.5. The third-order valence-corrected chi connectivity index (χ3v) is 2.94. The Labute approximate surface area is 129 Å². The molecule has 1 rings (SSSR count). The van der Waals surface area contributed by atoms with Gasteiger partial charge < -0.3 is 35.7 Å². The SMILES string of the molecule is O=C(O)C(O)C(O)Cc1cncc(C(O)C(O)C(O)C(=O)O)n1. The fourth-order valence-corrected chi connectivity index (χ4v) is 1.65. The number of rotatable bonds is 8. The first kappa shape index (κ1) is 18.9. The number of aliphatic hydroxyl groups is 5. The van der Waals surface area contributed by atoms with E-state index in [2.05, 4.69) is 9.97 Å². The molecule has 0 amide bonds. The van der Waals surface area contributed by atoms with Crippen molar-refractivity contribution in [3.63, 3.8) is 0 Å². The minimum atomic E-state index is -2.25. The third-order valence-electron chi connectivity index (χ3n) is 2.94. The van der Waals surface area contributed by atoms with E-state index in [0.29, 0.717) is 0 Å². The van der Waals surface area contributed by atoms with E-state index in [9.17, 15) is 35.1 Å². The number of hydrogen-bond acceptors (Lipinski definition) is 9. The van der Waals surface area contributed by atoms with Gasteiger partial charge in [0.05, 0.1) is 23.7 Å². The number of nitrogens with zero attached hydrogens (tertiary/aromatic N) is 2. The predicted molar refractivity (Wildman–Crippen MR) is 70.0 cm³/mol. The van der Waals surface area contributed by atoms with Crippen LogP contribution in [0.4, 0.5) is 0 Å². The van der Waals surface area contributed by atoms with Crippen molar-refractivity contribution in [1.82, 2.24) is 9.97 Å². The molecule has 0 saturated heterocycles. The predicted octanol–water partition coefficient (Wildman–Crippen LogP) is -3.33. The number of carbonyl (C=O) groups is 2. The summed E-state index contributed by atoms with van der Waals surface area (Å²) < 4.78 is 0. The summed E-state index contributed by atoms with van der Waals surface area (Å²) in [5, 5.41) is 64.3. The molecule has 0 saturated carbocycles. The van der Waals surface area contributed by atoms with Gasteiger partial charge in [0.2, 0.25) is 0 Å². The zero-order valence-corrected chi connectivity index (χ0v) is 11.6. The van der Waals surface area contributed by atoms with Gasteiger partial charge in [-0.25, -0.2) is 9.59 Å². The van der Waals surface area contributed by atoms with Gasteiger partial charge in [0.15, 0.2) is 12.2 Å². The van der Waals surface area contributed by atoms with E-state index < -0.39 is 48.9 Å². The number of carboxylic acid groups (broad SMARTS) is 2. The quantitative estimate of drug-likeness (QED) is 0.251. The van der Waals surface area contributed by atoms with Gasteiger partial charge in [-0.05, 0) is 0 Å². The van der Waals surface area contributed by atoms with E-state index in [-0.39, 0.29) is 11.4 Å². The Morgan fingerprint density at radius 1 is 0.957 bits per heavy atom. The highest BCUT2D eigenvalue weighted by Crippen LogP contribution is 2.17. The highest BCUT2D eigenvalue weighted by Gasteiger charge is 2.32. The second kappa shape index (κ2) is 7.89. The van der Waals surface area contributed by atoms with Gasteiger partial charge in [-0.1, -0.05) is 0 Å². The number of aromatic nitrogens is 2. The van der Waals surface area contributed by atoms with E-state index in [1.54, 1.807) is 0 Å². The van der Waals surface area contributed by atoms with Crippen molar-refractivity contribution in [2.75, 3.05) is 0 Å². The molecule has 0 aliphatic carbocycles. The highest BCUT2D eigenvalue weighted by molar-refractivity contribution is 5.73. The van der Waals surface area contributed by atoms with Crippen molar-refractivity contribution in [1.29, 1.82) is 0 Å². The fraction of sp³-hybridized carbons (Fsp3) is 0.500. The summed E-state index contributed by atoms with van der Waals surface area (Å²) in [6.45, 7) is 0. The van der Waals surface area contributed by atoms with Crippen LogP contribution in [0.25, 0.3) is 0 Å². The normalized spacial score (nSPS) is 17.8. The minimum absolute atomic E-state index is 0.0219. The van der Waals surface area contributed by atoms with Crippen LogP contribution in [0.5, 0.6) is 0 Å². The number of carboxylic acids is 2. The Morgan fingerprint density at radius 3 is 2.04 bits per heavy atom. The zero-order chi connectivity index (χ0) is 17.7. The Bertz CT molecular complexity index is 567. The first-order valence-electron chi connectivity index (χ1n) is 6.32. The van der Waals surface area contributed by atoms with Crippen LogP contribution < -0.4 is 0 Å². The van der Waals surface area contributed by atoms with E-state index in [1.807, 2.05) is 0 Å². The van der Waals surface area contributed by atoms with Crippen molar-refractivity contribution >= 4 is 11.9 Å². The van der Waals surface area contributed by atoms with Gasteiger partial charge in [-0.2, -0.15) is 0 Å². The van der Waals surface area contributed by atoms with Gasteiger partial charge in [0, 0.05) is 12.6 Å². The lowest BCUT2D eigenvalue weighted by Crippen LogP contribution is -2.38. The molecule has 0 bridgehead atoms. The first-order valence-corrected chi connectivity index (χ1v) is 6.32. The van der Waals surface area contributed by atoms with Gasteiger partial charge in [-0.3, -0.25) is 9.97 Å². The largest absolute Gasteiger partial charge is 0.479 e. The van der Waals surface area contributed by atoms with Crippen LogP contribution in [-0.2, 0) is 16.0 Å². The average Bonchev–Trinajstić information content (AvgIpc) is 2.51. The van der Waals surface area contributed by atoms with Crippen molar-refractivity contribution in [3.05, 3.63) is 23.8 Å². The summed E-state index contributed by atoms with van der Waals surface area (Å²) in [6, 6.07) is 0. The molecule has 0 fully saturated rings. The van der Waals surface area contributed by atoms with Gasteiger partial charge in [0.25, 0.3) is 0 Å². The topological polar surface area (TPSA) is 202 Å². The number of aliphatic carboxylic acids is 2. The molecule has 23 heavy (non-hydrogen) atoms. The first-order chi connectivity index (χ1) is 10.6. The summed E-state index contributed by atoms with van der Waals surface area (Å²) >= 11 is 0. The van der Waals surface area contributed by atoms with E-state index >= 15 is 0 Å². The van der Waals surface area contributed by atoms with Crippen molar-refractivity contribution in [3.8, 4) is 0 Å². The summed E-state index contributed by atoms with van der Waals surface area (Å²) in [6.07, 6.45) is -8.26. The minimum Gasteiger partial charge on any atom is -0.479 e. The van der Waals surface area contributed by atoms with E-state index in [1.165, 1.54) is 0 Å². The van der Waals surface area contributed by atoms with Gasteiger partial charge in [-0.15, -0.1) is 0 Å². The maximum Gasteiger partial charge on any atom is 0.335 e. The Morgan fingerprint density at radius 2 is 1.52 bits per heavy atom. The Balaban J connectivity index is 2.88. The van der Waals surface area contributed by atoms with Crippen LogP contribution in [0.3, 0.4) is 0 Å². The molecular weight excluding hydrogens is 316 g/mol. The van der Waals surface area contributed by atoms with Crippen molar-refractivity contribution in [2.24, 2.45) is 0 Å². The molecule has 7 N–H and O–H groups in total. The Kier molecular flexibility index (Phi) is 6.48. The summed E-state index contributed by atoms with van der Waals surface area (Å²) in [7, 11) is 0. The molecule has 1 aromatic heterocycles. The molecule has 0 aromatic carbocycles. The maximum atomic E-state index is 10.6. The smallest absolute Gasteiger partial charge is 0.335 e. The van der Waals surface area contributed by atoms with Crippen LogP contribution in [0.2, 0.25) is 0 Å². The van der Waals surface area contributed by atoms with Gasteiger partial charge >= 0.3 is 11.9 Å². The fourth-order valence-electron chi connectivity index (χ4n) is 1.65. The summed E-state index contributed by atoms with van der Waals surface area (Å²) in [5.41, 5.74) is -0.321. The third kappa shape index (κ3) is 4.91. The van der Waals surface area contributed by atoms with Crippen molar-refractivity contribution in [2.45, 2.75) is 36.9 Å². The van der Waals surface area contributed by atoms with E-state index in [4.69, 9.17) is 10.2 Å². The molecule has 11 heteroatoms.